The van der Waals surface area contributed by atoms with Crippen LogP contribution in [0.25, 0.3) is 0 Å². The van der Waals surface area contributed by atoms with Crippen molar-refractivity contribution in [3.63, 3.8) is 0 Å². The molecule has 4 N–H and O–H groups in total. The molecule has 9 heteroatoms. The van der Waals surface area contributed by atoms with Crippen LogP contribution in [-0.4, -0.2) is 25.2 Å². The van der Waals surface area contributed by atoms with Crippen molar-refractivity contribution < 1.29 is 13.2 Å². The number of hydrogen-bond acceptors (Lipinski definition) is 6. The zero-order valence-electron chi connectivity index (χ0n) is 10.0. The summed E-state index contributed by atoms with van der Waals surface area (Å²) in [5.41, 5.74) is 3.25. The summed E-state index contributed by atoms with van der Waals surface area (Å²) in [5.74, 6) is 4.51. The van der Waals surface area contributed by atoms with E-state index in [-0.39, 0.29) is 15.8 Å². The number of rotatable bonds is 2. The van der Waals surface area contributed by atoms with Gasteiger partial charge in [0, 0.05) is 0 Å². The minimum atomic E-state index is -3.73. The van der Waals surface area contributed by atoms with Gasteiger partial charge >= 0.3 is 0 Å². The molecule has 0 saturated carbocycles. The van der Waals surface area contributed by atoms with Gasteiger partial charge in [-0.05, 0) is 24.6 Å². The maximum absolute atomic E-state index is 12.0. The molecule has 0 aromatic heterocycles. The standard InChI is InChI=1S/C10H12N4O3S2/c1-6-2-3-7-8(4-6)19(16,17)14-10(12-7)18-5-9(15)13-11/h2-4H,5,11H2,1H3,(H,12,14)(H,13,15). The van der Waals surface area contributed by atoms with E-state index in [1.165, 1.54) is 0 Å². The summed E-state index contributed by atoms with van der Waals surface area (Å²) < 4.78 is 27.6. The summed E-state index contributed by atoms with van der Waals surface area (Å²) in [4.78, 5) is 11.2. The molecule has 1 aliphatic rings. The molecule has 1 heterocycles. The molecule has 19 heavy (non-hydrogen) atoms. The van der Waals surface area contributed by atoms with Crippen molar-refractivity contribution in [2.24, 2.45) is 10.2 Å². The van der Waals surface area contributed by atoms with E-state index in [1.54, 1.807) is 25.1 Å². The Bertz CT molecular complexity index is 655. The Morgan fingerprint density at radius 3 is 2.95 bits per heavy atom. The summed E-state index contributed by atoms with van der Waals surface area (Å²) in [5, 5.41) is 3.02. The van der Waals surface area contributed by atoms with Gasteiger partial charge in [0.25, 0.3) is 10.0 Å². The number of thioether (sulfide) groups is 1. The van der Waals surface area contributed by atoms with E-state index in [9.17, 15) is 13.2 Å². The number of fused-ring (bicyclic) bond motifs is 1. The second kappa shape index (κ2) is 5.19. The van der Waals surface area contributed by atoms with Crippen LogP contribution in [0, 0.1) is 6.92 Å². The highest BCUT2D eigenvalue weighted by Crippen LogP contribution is 2.30. The molecule has 2 rings (SSSR count). The van der Waals surface area contributed by atoms with Gasteiger partial charge in [-0.15, -0.1) is 4.40 Å². The highest BCUT2D eigenvalue weighted by Gasteiger charge is 2.25. The fraction of sp³-hybridized carbons (Fsp3) is 0.200. The van der Waals surface area contributed by atoms with E-state index in [2.05, 4.69) is 9.71 Å². The Morgan fingerprint density at radius 2 is 2.26 bits per heavy atom. The third kappa shape index (κ3) is 3.06. The molecule has 0 aliphatic carbocycles. The quantitative estimate of drug-likeness (QED) is 0.408. The number of carbonyl (C=O) groups is 1. The monoisotopic (exact) mass is 300 g/mol. The van der Waals surface area contributed by atoms with Gasteiger partial charge in [0.1, 0.15) is 4.90 Å². The van der Waals surface area contributed by atoms with Crippen molar-refractivity contribution in [3.8, 4) is 0 Å². The molecular formula is C10H12N4O3S2. The van der Waals surface area contributed by atoms with Crippen LogP contribution in [-0.2, 0) is 14.8 Å². The number of hydrogen-bond donors (Lipinski definition) is 3. The van der Waals surface area contributed by atoms with Crippen molar-refractivity contribution >= 4 is 38.5 Å². The average Bonchev–Trinajstić information content (AvgIpc) is 2.36. The van der Waals surface area contributed by atoms with Gasteiger partial charge in [-0.1, -0.05) is 17.8 Å². The molecule has 0 atom stereocenters. The van der Waals surface area contributed by atoms with Crippen LogP contribution in [0.4, 0.5) is 5.69 Å². The lowest BCUT2D eigenvalue weighted by atomic mass is 10.2. The topological polar surface area (TPSA) is 114 Å². The average molecular weight is 300 g/mol. The van der Waals surface area contributed by atoms with Crippen molar-refractivity contribution in [2.45, 2.75) is 11.8 Å². The number of amidine groups is 1. The van der Waals surface area contributed by atoms with E-state index in [0.29, 0.717) is 5.69 Å². The molecule has 0 fully saturated rings. The maximum Gasteiger partial charge on any atom is 0.286 e. The molecule has 0 spiro atoms. The Balaban J connectivity index is 2.27. The number of hydrazine groups is 1. The Morgan fingerprint density at radius 1 is 1.53 bits per heavy atom. The molecule has 1 aliphatic heterocycles. The molecule has 102 valence electrons. The lowest BCUT2D eigenvalue weighted by Crippen LogP contribution is -2.32. The van der Waals surface area contributed by atoms with Gasteiger partial charge in [0.2, 0.25) is 5.91 Å². The van der Waals surface area contributed by atoms with Crippen LogP contribution in [0.5, 0.6) is 0 Å². The van der Waals surface area contributed by atoms with Crippen molar-refractivity contribution in [1.82, 2.24) is 5.43 Å². The number of nitrogens with zero attached hydrogens (tertiary/aromatic N) is 1. The molecule has 0 radical (unpaired) electrons. The van der Waals surface area contributed by atoms with Gasteiger partial charge in [0.15, 0.2) is 5.17 Å². The number of carbonyl (C=O) groups excluding carboxylic acids is 1. The van der Waals surface area contributed by atoms with E-state index in [0.717, 1.165) is 17.3 Å². The van der Waals surface area contributed by atoms with Crippen LogP contribution in [0.3, 0.4) is 0 Å². The molecule has 1 aromatic rings. The highest BCUT2D eigenvalue weighted by molar-refractivity contribution is 8.15. The molecule has 0 unspecified atom stereocenters. The van der Waals surface area contributed by atoms with Gasteiger partial charge in [-0.25, -0.2) is 5.84 Å². The molecular weight excluding hydrogens is 288 g/mol. The normalized spacial score (nSPS) is 16.0. The third-order valence-electron chi connectivity index (χ3n) is 2.36. The van der Waals surface area contributed by atoms with E-state index >= 15 is 0 Å². The minimum absolute atomic E-state index is 0.0148. The summed E-state index contributed by atoms with van der Waals surface area (Å²) >= 11 is 0.968. The summed E-state index contributed by atoms with van der Waals surface area (Å²) in [6, 6.07) is 5.01. The highest BCUT2D eigenvalue weighted by atomic mass is 32.2. The second-order valence-electron chi connectivity index (χ2n) is 3.85. The number of nitrogens with one attached hydrogen (secondary N) is 2. The predicted octanol–water partition coefficient (Wildman–Crippen LogP) is 0.188. The van der Waals surface area contributed by atoms with Crippen LogP contribution in [0.1, 0.15) is 5.56 Å². The number of amides is 1. The molecule has 1 aromatic carbocycles. The first-order chi connectivity index (χ1) is 8.92. The summed E-state index contributed by atoms with van der Waals surface area (Å²) in [6.07, 6.45) is 0. The Hall–Kier alpha value is -1.58. The minimum Gasteiger partial charge on any atom is -0.333 e. The van der Waals surface area contributed by atoms with Crippen LogP contribution >= 0.6 is 11.8 Å². The van der Waals surface area contributed by atoms with E-state index < -0.39 is 15.9 Å². The number of benzene rings is 1. The zero-order chi connectivity index (χ0) is 14.0. The van der Waals surface area contributed by atoms with Crippen molar-refractivity contribution in [3.05, 3.63) is 23.8 Å². The van der Waals surface area contributed by atoms with Crippen LogP contribution in [0.15, 0.2) is 27.5 Å². The first-order valence-electron chi connectivity index (χ1n) is 5.27. The molecule has 0 saturated heterocycles. The summed E-state index contributed by atoms with van der Waals surface area (Å²) in [6.45, 7) is 1.80. The fourth-order valence-corrected chi connectivity index (χ4v) is 3.61. The van der Waals surface area contributed by atoms with E-state index in [1.807, 2.05) is 5.43 Å². The van der Waals surface area contributed by atoms with Gasteiger partial charge in [0.05, 0.1) is 11.4 Å². The molecule has 0 bridgehead atoms. The largest absolute Gasteiger partial charge is 0.333 e. The maximum atomic E-state index is 12.0. The Kier molecular flexibility index (Phi) is 3.78. The van der Waals surface area contributed by atoms with Crippen LogP contribution < -0.4 is 16.6 Å². The number of sulfonamides is 1. The predicted molar refractivity (Wildman–Crippen MR) is 74.2 cm³/mol. The SMILES string of the molecule is Cc1ccc2c(c1)S(=O)(=O)N=C(SCC(=O)NN)N2. The van der Waals surface area contributed by atoms with Gasteiger partial charge in [-0.2, -0.15) is 8.42 Å². The van der Waals surface area contributed by atoms with E-state index in [4.69, 9.17) is 5.84 Å². The molecule has 1 amide bonds. The summed E-state index contributed by atoms with van der Waals surface area (Å²) in [7, 11) is -3.73. The number of anilines is 1. The number of aryl methyl sites for hydroxylation is 1. The van der Waals surface area contributed by atoms with Gasteiger partial charge < -0.3 is 5.32 Å². The van der Waals surface area contributed by atoms with Crippen molar-refractivity contribution in [1.29, 1.82) is 0 Å². The zero-order valence-corrected chi connectivity index (χ0v) is 11.6. The Labute approximate surface area is 114 Å². The van der Waals surface area contributed by atoms with Crippen molar-refractivity contribution in [2.75, 3.05) is 11.1 Å². The lowest BCUT2D eigenvalue weighted by molar-refractivity contribution is -0.118. The number of nitrogens with two attached hydrogens (primary N) is 1. The lowest BCUT2D eigenvalue weighted by Gasteiger charge is -2.17. The first-order valence-corrected chi connectivity index (χ1v) is 7.70. The third-order valence-corrected chi connectivity index (χ3v) is 4.67. The second-order valence-corrected chi connectivity index (χ2v) is 6.39. The molecule has 7 nitrogen and oxygen atoms in total. The van der Waals surface area contributed by atoms with Crippen LogP contribution in [0.2, 0.25) is 0 Å². The fourth-order valence-electron chi connectivity index (χ4n) is 1.48. The van der Waals surface area contributed by atoms with Gasteiger partial charge in [-0.3, -0.25) is 10.2 Å². The first kappa shape index (κ1) is 13.8. The smallest absolute Gasteiger partial charge is 0.286 e.